The van der Waals surface area contributed by atoms with Gasteiger partial charge in [0.15, 0.2) is 0 Å². The normalized spacial score (nSPS) is 17.4. The van der Waals surface area contributed by atoms with Crippen molar-refractivity contribution in [2.45, 2.75) is 12.8 Å². The highest BCUT2D eigenvalue weighted by atomic mass is 35.5. The zero-order chi connectivity index (χ0) is 18.0. The molecule has 0 radical (unpaired) electrons. The van der Waals surface area contributed by atoms with Crippen molar-refractivity contribution in [3.8, 4) is 0 Å². The van der Waals surface area contributed by atoms with Gasteiger partial charge in [-0.25, -0.2) is 4.98 Å². The van der Waals surface area contributed by atoms with E-state index in [9.17, 15) is 9.59 Å². The minimum atomic E-state index is -0.338. The van der Waals surface area contributed by atoms with Gasteiger partial charge in [-0.1, -0.05) is 23.2 Å². The van der Waals surface area contributed by atoms with Crippen LogP contribution in [0.5, 0.6) is 0 Å². The van der Waals surface area contributed by atoms with E-state index in [4.69, 9.17) is 28.9 Å². The molecular formula is C16H16Cl2N4O2S. The third-order valence-electron chi connectivity index (χ3n) is 4.05. The maximum Gasteiger partial charge on any atom is 0.258 e. The van der Waals surface area contributed by atoms with E-state index in [2.05, 4.69) is 10.3 Å². The van der Waals surface area contributed by atoms with Gasteiger partial charge in [0.2, 0.25) is 5.91 Å². The number of carbonyl (C=O) groups excluding carboxylic acids is 2. The molecule has 2 aromatic heterocycles. The van der Waals surface area contributed by atoms with Crippen molar-refractivity contribution in [2.75, 3.05) is 23.3 Å². The van der Waals surface area contributed by atoms with E-state index >= 15 is 0 Å². The Morgan fingerprint density at radius 3 is 2.76 bits per heavy atom. The van der Waals surface area contributed by atoms with E-state index in [1.54, 1.807) is 18.3 Å². The maximum atomic E-state index is 12.2. The fourth-order valence-electron chi connectivity index (χ4n) is 2.76. The van der Waals surface area contributed by atoms with Gasteiger partial charge >= 0.3 is 0 Å². The van der Waals surface area contributed by atoms with Crippen LogP contribution in [0.25, 0.3) is 0 Å². The first-order valence-corrected chi connectivity index (χ1v) is 9.28. The van der Waals surface area contributed by atoms with Crippen LogP contribution in [0.4, 0.5) is 11.5 Å². The summed E-state index contributed by atoms with van der Waals surface area (Å²) in [4.78, 5) is 30.0. The molecule has 1 saturated heterocycles. The first-order valence-electron chi connectivity index (χ1n) is 7.70. The predicted octanol–water partition coefficient (Wildman–Crippen LogP) is 3.40. The molecule has 0 spiro atoms. The second-order valence-electron chi connectivity index (χ2n) is 5.78. The van der Waals surface area contributed by atoms with Crippen LogP contribution in [0.3, 0.4) is 0 Å². The number of thiophene rings is 1. The number of hydrogen-bond donors (Lipinski definition) is 2. The van der Waals surface area contributed by atoms with Crippen LogP contribution in [-0.2, 0) is 4.79 Å². The smallest absolute Gasteiger partial charge is 0.258 e. The average molecular weight is 399 g/mol. The Balaban J connectivity index is 1.67. The summed E-state index contributed by atoms with van der Waals surface area (Å²) in [6.07, 6.45) is 3.28. The Bertz CT molecular complexity index is 794. The lowest BCUT2D eigenvalue weighted by molar-refractivity contribution is -0.122. The predicted molar refractivity (Wildman–Crippen MR) is 101 cm³/mol. The zero-order valence-electron chi connectivity index (χ0n) is 13.2. The third-order valence-corrected chi connectivity index (χ3v) is 5.54. The summed E-state index contributed by atoms with van der Waals surface area (Å²) in [5.74, 6) is -0.0182. The summed E-state index contributed by atoms with van der Waals surface area (Å²) in [7, 11) is 0. The largest absolute Gasteiger partial charge is 0.369 e. The van der Waals surface area contributed by atoms with Gasteiger partial charge in [0.1, 0.15) is 10.2 Å². The fraction of sp³-hybridized carbons (Fsp3) is 0.312. The number of nitrogens with two attached hydrogens (primary N) is 1. The lowest BCUT2D eigenvalue weighted by atomic mass is 9.97. The molecule has 2 aromatic rings. The van der Waals surface area contributed by atoms with E-state index < -0.39 is 0 Å². The lowest BCUT2D eigenvalue weighted by Gasteiger charge is -2.32. The number of pyridine rings is 1. The van der Waals surface area contributed by atoms with E-state index in [1.807, 2.05) is 4.90 Å². The lowest BCUT2D eigenvalue weighted by Crippen LogP contribution is -2.41. The van der Waals surface area contributed by atoms with Gasteiger partial charge in [-0.05, 0) is 31.0 Å². The number of carbonyl (C=O) groups is 2. The Morgan fingerprint density at radius 1 is 1.36 bits per heavy atom. The highest BCUT2D eigenvalue weighted by Gasteiger charge is 2.24. The average Bonchev–Trinajstić information content (AvgIpc) is 2.94. The molecule has 6 nitrogen and oxygen atoms in total. The van der Waals surface area contributed by atoms with Crippen molar-refractivity contribution in [1.82, 2.24) is 4.98 Å². The van der Waals surface area contributed by atoms with Crippen molar-refractivity contribution >= 4 is 57.9 Å². The molecule has 0 bridgehead atoms. The number of rotatable bonds is 4. The molecule has 1 unspecified atom stereocenters. The molecule has 1 aliphatic heterocycles. The van der Waals surface area contributed by atoms with Gasteiger partial charge in [0.25, 0.3) is 5.91 Å². The minimum Gasteiger partial charge on any atom is -0.369 e. The van der Waals surface area contributed by atoms with Crippen molar-refractivity contribution in [3.05, 3.63) is 38.6 Å². The standard InChI is InChI=1S/C16H16Cl2N4O2S/c17-12-6-11(14(18)25-12)16(24)21-10-3-4-13(20-7-10)22-5-1-2-9(8-22)15(19)23/h3-4,6-7,9H,1-2,5,8H2,(H2,19,23)(H,21,24). The van der Waals surface area contributed by atoms with Gasteiger partial charge in [-0.3, -0.25) is 9.59 Å². The van der Waals surface area contributed by atoms with Crippen LogP contribution in [0.2, 0.25) is 8.67 Å². The van der Waals surface area contributed by atoms with Crippen LogP contribution >= 0.6 is 34.5 Å². The number of primary amides is 1. The Kier molecular flexibility index (Phi) is 5.46. The van der Waals surface area contributed by atoms with E-state index in [0.717, 1.165) is 36.5 Å². The summed E-state index contributed by atoms with van der Waals surface area (Å²) in [6, 6.07) is 5.10. The summed E-state index contributed by atoms with van der Waals surface area (Å²) >= 11 is 13.0. The van der Waals surface area contributed by atoms with Crippen LogP contribution in [-0.4, -0.2) is 29.9 Å². The molecule has 132 valence electrons. The highest BCUT2D eigenvalue weighted by Crippen LogP contribution is 2.31. The third kappa shape index (κ3) is 4.23. The molecule has 3 N–H and O–H groups in total. The topological polar surface area (TPSA) is 88.3 Å². The number of halogens is 2. The fourth-order valence-corrected chi connectivity index (χ4v) is 4.22. The minimum absolute atomic E-state index is 0.152. The molecule has 0 aliphatic carbocycles. The van der Waals surface area contributed by atoms with E-state index in [-0.39, 0.29) is 17.7 Å². The Labute approximate surface area is 158 Å². The number of amides is 2. The van der Waals surface area contributed by atoms with Crippen LogP contribution < -0.4 is 16.0 Å². The molecule has 25 heavy (non-hydrogen) atoms. The van der Waals surface area contributed by atoms with Gasteiger partial charge in [0.05, 0.1) is 27.7 Å². The second kappa shape index (κ2) is 7.59. The van der Waals surface area contributed by atoms with Gasteiger partial charge in [-0.15, -0.1) is 11.3 Å². The van der Waals surface area contributed by atoms with Crippen LogP contribution in [0, 0.1) is 5.92 Å². The van der Waals surface area contributed by atoms with Gasteiger partial charge < -0.3 is 16.0 Å². The van der Waals surface area contributed by atoms with Crippen molar-refractivity contribution in [1.29, 1.82) is 0 Å². The number of nitrogens with one attached hydrogen (secondary N) is 1. The van der Waals surface area contributed by atoms with E-state index in [1.165, 1.54) is 6.07 Å². The molecule has 2 amide bonds. The van der Waals surface area contributed by atoms with Crippen molar-refractivity contribution in [3.63, 3.8) is 0 Å². The molecule has 3 heterocycles. The Morgan fingerprint density at radius 2 is 2.16 bits per heavy atom. The number of nitrogens with zero attached hydrogens (tertiary/aromatic N) is 2. The molecule has 1 atom stereocenters. The maximum absolute atomic E-state index is 12.2. The molecule has 0 aromatic carbocycles. The molecule has 3 rings (SSSR count). The van der Waals surface area contributed by atoms with Crippen LogP contribution in [0.1, 0.15) is 23.2 Å². The van der Waals surface area contributed by atoms with Gasteiger partial charge in [-0.2, -0.15) is 0 Å². The molecule has 1 aliphatic rings. The SMILES string of the molecule is NC(=O)C1CCCN(c2ccc(NC(=O)c3cc(Cl)sc3Cl)cn2)C1. The first kappa shape index (κ1) is 18.0. The highest BCUT2D eigenvalue weighted by molar-refractivity contribution is 7.20. The van der Waals surface area contributed by atoms with Crippen molar-refractivity contribution in [2.24, 2.45) is 11.7 Å². The second-order valence-corrected chi connectivity index (χ2v) is 8.07. The summed E-state index contributed by atoms with van der Waals surface area (Å²) < 4.78 is 0.801. The zero-order valence-corrected chi connectivity index (χ0v) is 15.5. The number of aromatic nitrogens is 1. The molecular weight excluding hydrogens is 383 g/mol. The monoisotopic (exact) mass is 398 g/mol. The number of anilines is 2. The summed E-state index contributed by atoms with van der Waals surface area (Å²) in [5.41, 5.74) is 6.29. The Hall–Kier alpha value is -1.83. The van der Waals surface area contributed by atoms with Gasteiger partial charge in [0, 0.05) is 13.1 Å². The summed E-state index contributed by atoms with van der Waals surface area (Å²) in [5, 5.41) is 2.74. The van der Waals surface area contributed by atoms with Crippen LogP contribution in [0.15, 0.2) is 24.4 Å². The molecule has 9 heteroatoms. The molecule has 0 saturated carbocycles. The first-order chi connectivity index (χ1) is 11.9. The van der Waals surface area contributed by atoms with Crippen molar-refractivity contribution < 1.29 is 9.59 Å². The van der Waals surface area contributed by atoms with E-state index in [0.29, 0.717) is 26.5 Å². The number of piperidine rings is 1. The summed E-state index contributed by atoms with van der Waals surface area (Å²) in [6.45, 7) is 1.39. The number of hydrogen-bond acceptors (Lipinski definition) is 5. The molecule has 1 fully saturated rings. The quantitative estimate of drug-likeness (QED) is 0.825.